The van der Waals surface area contributed by atoms with Gasteiger partial charge >= 0.3 is 0 Å². The van der Waals surface area contributed by atoms with Crippen molar-refractivity contribution in [2.75, 3.05) is 12.0 Å². The highest BCUT2D eigenvalue weighted by Crippen LogP contribution is 2.07. The summed E-state index contributed by atoms with van der Waals surface area (Å²) >= 11 is 1.63. The quantitative estimate of drug-likeness (QED) is 0.674. The van der Waals surface area contributed by atoms with Crippen molar-refractivity contribution in [3.8, 4) is 0 Å². The number of carbonyl (C=O) groups excluding carboxylic acids is 3. The van der Waals surface area contributed by atoms with Gasteiger partial charge in [0, 0.05) is 6.92 Å². The molecule has 0 aromatic heterocycles. The van der Waals surface area contributed by atoms with Gasteiger partial charge in [-0.2, -0.15) is 11.8 Å². The van der Waals surface area contributed by atoms with Gasteiger partial charge in [-0.15, -0.1) is 0 Å². The molecule has 5 nitrogen and oxygen atoms in total. The summed E-state index contributed by atoms with van der Waals surface area (Å²) in [6, 6.07) is -1.05. The molecule has 20 heavy (non-hydrogen) atoms. The van der Waals surface area contributed by atoms with Gasteiger partial charge in [0.25, 0.3) is 0 Å². The van der Waals surface area contributed by atoms with Crippen LogP contribution in [0.1, 0.15) is 40.5 Å². The predicted octanol–water partition coefficient (Wildman–Crippen LogP) is 1.36. The van der Waals surface area contributed by atoms with Crippen molar-refractivity contribution >= 4 is 29.4 Å². The minimum atomic E-state index is -0.580. The number of amides is 2. The molecule has 0 unspecified atom stereocenters. The fourth-order valence-electron chi connectivity index (χ4n) is 1.83. The number of rotatable bonds is 9. The lowest BCUT2D eigenvalue weighted by atomic mass is 10.0. The molecule has 0 aliphatic rings. The van der Waals surface area contributed by atoms with Crippen molar-refractivity contribution in [1.29, 1.82) is 0 Å². The van der Waals surface area contributed by atoms with E-state index in [1.165, 1.54) is 13.8 Å². The topological polar surface area (TPSA) is 75.3 Å². The Morgan fingerprint density at radius 3 is 2.05 bits per heavy atom. The molecule has 0 aromatic rings. The van der Waals surface area contributed by atoms with Gasteiger partial charge in [0.2, 0.25) is 11.8 Å². The summed E-state index contributed by atoms with van der Waals surface area (Å²) in [5, 5.41) is 5.39. The molecule has 0 radical (unpaired) electrons. The number of Topliss-reactive ketones (excluding diaryl/α,β-unsaturated/α-hetero) is 1. The molecular weight excluding hydrogens is 276 g/mol. The van der Waals surface area contributed by atoms with E-state index in [0.29, 0.717) is 12.8 Å². The first kappa shape index (κ1) is 19.0. The van der Waals surface area contributed by atoms with Crippen molar-refractivity contribution in [3.63, 3.8) is 0 Å². The van der Waals surface area contributed by atoms with Crippen LogP contribution in [0.4, 0.5) is 0 Å². The van der Waals surface area contributed by atoms with E-state index in [0.717, 1.165) is 5.75 Å². The molecule has 0 bridgehead atoms. The zero-order valence-corrected chi connectivity index (χ0v) is 13.8. The summed E-state index contributed by atoms with van der Waals surface area (Å²) in [6.45, 7) is 6.83. The van der Waals surface area contributed by atoms with Crippen molar-refractivity contribution in [1.82, 2.24) is 10.6 Å². The van der Waals surface area contributed by atoms with Crippen molar-refractivity contribution in [2.45, 2.75) is 52.6 Å². The molecule has 116 valence electrons. The Bertz CT molecular complexity index is 345. The van der Waals surface area contributed by atoms with Crippen LogP contribution >= 0.6 is 11.8 Å². The van der Waals surface area contributed by atoms with Gasteiger partial charge in [0.1, 0.15) is 6.04 Å². The van der Waals surface area contributed by atoms with Crippen LogP contribution in [0.15, 0.2) is 0 Å². The number of hydrogen-bond donors (Lipinski definition) is 2. The lowest BCUT2D eigenvalue weighted by Crippen LogP contribution is -2.51. The Morgan fingerprint density at radius 2 is 1.65 bits per heavy atom. The zero-order chi connectivity index (χ0) is 15.7. The molecule has 0 aromatic carbocycles. The van der Waals surface area contributed by atoms with Crippen molar-refractivity contribution in [3.05, 3.63) is 0 Å². The van der Waals surface area contributed by atoms with E-state index in [1.54, 1.807) is 11.8 Å². The number of thioether (sulfide) groups is 1. The molecule has 0 saturated carbocycles. The Labute approximate surface area is 125 Å². The van der Waals surface area contributed by atoms with Crippen LogP contribution < -0.4 is 10.6 Å². The van der Waals surface area contributed by atoms with E-state index < -0.39 is 12.1 Å². The van der Waals surface area contributed by atoms with Crippen LogP contribution in [0.2, 0.25) is 0 Å². The van der Waals surface area contributed by atoms with Crippen LogP contribution in [-0.4, -0.2) is 41.7 Å². The average molecular weight is 302 g/mol. The predicted molar refractivity (Wildman–Crippen MR) is 82.7 cm³/mol. The maximum atomic E-state index is 12.2. The summed E-state index contributed by atoms with van der Waals surface area (Å²) in [5.74, 6) is 0.502. The molecule has 0 rings (SSSR count). The van der Waals surface area contributed by atoms with Gasteiger partial charge < -0.3 is 10.6 Å². The van der Waals surface area contributed by atoms with Gasteiger partial charge in [-0.25, -0.2) is 0 Å². The maximum Gasteiger partial charge on any atom is 0.243 e. The summed E-state index contributed by atoms with van der Waals surface area (Å²) in [7, 11) is 0. The van der Waals surface area contributed by atoms with E-state index in [4.69, 9.17) is 0 Å². The normalized spacial score (nSPS) is 13.7. The Hall–Kier alpha value is -1.04. The minimum absolute atomic E-state index is 0.0569. The average Bonchev–Trinajstić information content (AvgIpc) is 2.31. The number of nitrogens with one attached hydrogen (secondary N) is 2. The van der Waals surface area contributed by atoms with Crippen molar-refractivity contribution in [2.24, 2.45) is 5.92 Å². The largest absolute Gasteiger partial charge is 0.345 e. The van der Waals surface area contributed by atoms with Gasteiger partial charge in [-0.1, -0.05) is 13.8 Å². The molecule has 2 N–H and O–H groups in total. The summed E-state index contributed by atoms with van der Waals surface area (Å²) in [6.07, 6.45) is 3.12. The first-order chi connectivity index (χ1) is 9.27. The third kappa shape index (κ3) is 8.19. The Balaban J connectivity index is 4.68. The van der Waals surface area contributed by atoms with Gasteiger partial charge in [0.15, 0.2) is 5.78 Å². The van der Waals surface area contributed by atoms with Crippen LogP contribution in [0.25, 0.3) is 0 Å². The van der Waals surface area contributed by atoms with Crippen molar-refractivity contribution < 1.29 is 14.4 Å². The van der Waals surface area contributed by atoms with Gasteiger partial charge in [0.05, 0.1) is 6.04 Å². The minimum Gasteiger partial charge on any atom is -0.345 e. The SMILES string of the molecule is CSCC[C@H](NC(=O)[C@H](CC(C)C)NC(C)=O)C(C)=O. The molecule has 0 heterocycles. The molecule has 0 spiro atoms. The van der Waals surface area contributed by atoms with Gasteiger partial charge in [-0.3, -0.25) is 14.4 Å². The highest BCUT2D eigenvalue weighted by Gasteiger charge is 2.24. The second-order valence-corrected chi connectivity index (χ2v) is 6.32. The molecule has 0 saturated heterocycles. The third-order valence-electron chi connectivity index (χ3n) is 2.82. The summed E-state index contributed by atoms with van der Waals surface area (Å²) in [5.41, 5.74) is 0. The second-order valence-electron chi connectivity index (χ2n) is 5.34. The monoisotopic (exact) mass is 302 g/mol. The molecule has 0 aliphatic carbocycles. The summed E-state index contributed by atoms with van der Waals surface area (Å²) in [4.78, 5) is 34.9. The van der Waals surface area contributed by atoms with Crippen LogP contribution in [0.5, 0.6) is 0 Å². The first-order valence-electron chi connectivity index (χ1n) is 6.84. The highest BCUT2D eigenvalue weighted by molar-refractivity contribution is 7.98. The van der Waals surface area contributed by atoms with E-state index in [2.05, 4.69) is 10.6 Å². The summed E-state index contributed by atoms with van der Waals surface area (Å²) < 4.78 is 0. The smallest absolute Gasteiger partial charge is 0.243 e. The second kappa shape index (κ2) is 9.80. The Kier molecular flexibility index (Phi) is 9.29. The van der Waals surface area contributed by atoms with E-state index in [-0.39, 0.29) is 23.5 Å². The first-order valence-corrected chi connectivity index (χ1v) is 8.24. The Morgan fingerprint density at radius 1 is 1.05 bits per heavy atom. The van der Waals surface area contributed by atoms with E-state index in [9.17, 15) is 14.4 Å². The fourth-order valence-corrected chi connectivity index (χ4v) is 2.30. The van der Waals surface area contributed by atoms with Crippen LogP contribution in [0, 0.1) is 5.92 Å². The van der Waals surface area contributed by atoms with Gasteiger partial charge in [-0.05, 0) is 37.7 Å². The van der Waals surface area contributed by atoms with Crippen LogP contribution in [0.3, 0.4) is 0 Å². The highest BCUT2D eigenvalue weighted by atomic mass is 32.2. The number of carbonyl (C=O) groups is 3. The number of ketones is 1. The fraction of sp³-hybridized carbons (Fsp3) is 0.786. The third-order valence-corrected chi connectivity index (χ3v) is 3.46. The number of hydrogen-bond acceptors (Lipinski definition) is 4. The van der Waals surface area contributed by atoms with E-state index in [1.807, 2.05) is 20.1 Å². The molecule has 6 heteroatoms. The standard InChI is InChI=1S/C14H26N2O3S/c1-9(2)8-13(15-11(4)18)14(19)16-12(10(3)17)6-7-20-5/h9,12-13H,6-8H2,1-5H3,(H,15,18)(H,16,19)/t12-,13-/m0/s1. The molecule has 0 aliphatic heterocycles. The van der Waals surface area contributed by atoms with E-state index >= 15 is 0 Å². The molecular formula is C14H26N2O3S. The molecule has 2 atom stereocenters. The maximum absolute atomic E-state index is 12.2. The lowest BCUT2D eigenvalue weighted by molar-refractivity contribution is -0.131. The molecule has 0 fully saturated rings. The van der Waals surface area contributed by atoms with Crippen LogP contribution in [-0.2, 0) is 14.4 Å². The molecule has 2 amide bonds. The lowest BCUT2D eigenvalue weighted by Gasteiger charge is -2.22. The zero-order valence-electron chi connectivity index (χ0n) is 13.0.